The van der Waals surface area contributed by atoms with Crippen LogP contribution in [0.15, 0.2) is 9.59 Å². The minimum atomic E-state index is -0.425. The Hall–Kier alpha value is -2.29. The molecule has 1 saturated heterocycles. The molecular formula is C13H15N5O3S. The van der Waals surface area contributed by atoms with E-state index >= 15 is 0 Å². The van der Waals surface area contributed by atoms with E-state index in [1.165, 1.54) is 11.6 Å². The monoisotopic (exact) mass is 321 g/mol. The number of likely N-dealkylation sites (tertiary alicyclic amines) is 1. The first kappa shape index (κ1) is 14.6. The van der Waals surface area contributed by atoms with Crippen molar-refractivity contribution in [2.24, 2.45) is 14.1 Å². The lowest BCUT2D eigenvalue weighted by molar-refractivity contribution is -0.125. The van der Waals surface area contributed by atoms with Crippen molar-refractivity contribution < 1.29 is 4.79 Å². The van der Waals surface area contributed by atoms with Crippen molar-refractivity contribution in [3.05, 3.63) is 26.7 Å². The number of aromatic amines is 1. The number of carbonyl (C=O) groups excluding carboxylic acids is 1. The van der Waals surface area contributed by atoms with Crippen LogP contribution < -0.4 is 11.2 Å². The van der Waals surface area contributed by atoms with Gasteiger partial charge < -0.3 is 9.88 Å². The van der Waals surface area contributed by atoms with Crippen molar-refractivity contribution in [3.63, 3.8) is 0 Å². The zero-order chi connectivity index (χ0) is 16.0. The Morgan fingerprint density at radius 1 is 1.18 bits per heavy atom. The lowest BCUT2D eigenvalue weighted by atomic mass is 10.4. The Morgan fingerprint density at radius 3 is 2.55 bits per heavy atom. The maximum atomic E-state index is 12.1. The summed E-state index contributed by atoms with van der Waals surface area (Å²) in [5.41, 5.74) is -0.232. The molecule has 0 atom stereocenters. The van der Waals surface area contributed by atoms with Crippen molar-refractivity contribution in [3.8, 4) is 0 Å². The van der Waals surface area contributed by atoms with Crippen molar-refractivity contribution in [2.75, 3.05) is 6.54 Å². The molecule has 2 aromatic rings. The molecule has 1 N–H and O–H groups in total. The number of amides is 1. The highest BCUT2D eigenvalue weighted by Gasteiger charge is 2.25. The molecule has 2 aromatic heterocycles. The molecule has 9 heteroatoms. The molecule has 1 aliphatic rings. The van der Waals surface area contributed by atoms with Gasteiger partial charge in [-0.1, -0.05) is 12.2 Å². The summed E-state index contributed by atoms with van der Waals surface area (Å²) < 4.78 is 2.35. The van der Waals surface area contributed by atoms with Crippen LogP contribution in [0.2, 0.25) is 0 Å². The zero-order valence-electron chi connectivity index (χ0n) is 12.3. The topological polar surface area (TPSA) is 93.0 Å². The number of nitrogens with zero attached hydrogens (tertiary/aromatic N) is 4. The van der Waals surface area contributed by atoms with Crippen molar-refractivity contribution in [1.29, 1.82) is 0 Å². The Bertz CT molecular complexity index is 891. The van der Waals surface area contributed by atoms with Crippen molar-refractivity contribution >= 4 is 34.3 Å². The second-order valence-electron chi connectivity index (χ2n) is 5.28. The van der Waals surface area contributed by atoms with E-state index in [1.54, 1.807) is 11.9 Å². The lowest BCUT2D eigenvalue weighted by Crippen LogP contribution is -2.36. The summed E-state index contributed by atoms with van der Waals surface area (Å²) in [6.45, 7) is 0.422. The first-order valence-electron chi connectivity index (χ1n) is 6.88. The van der Waals surface area contributed by atoms with Gasteiger partial charge >= 0.3 is 5.69 Å². The van der Waals surface area contributed by atoms with Gasteiger partial charge in [0.05, 0.1) is 4.99 Å². The number of thiocarbonyl (C=S) groups is 1. The number of aromatic nitrogens is 4. The maximum absolute atomic E-state index is 12.1. The van der Waals surface area contributed by atoms with E-state index in [0.717, 1.165) is 4.57 Å². The molecule has 8 nitrogen and oxygen atoms in total. The fraction of sp³-hybridized carbons (Fsp3) is 0.462. The van der Waals surface area contributed by atoms with Gasteiger partial charge in [0.1, 0.15) is 11.3 Å². The number of carbonyl (C=O) groups is 1. The van der Waals surface area contributed by atoms with Crippen LogP contribution in [0.25, 0.3) is 11.2 Å². The Balaban J connectivity index is 1.93. The minimum Gasteiger partial charge on any atom is -0.336 e. The highest BCUT2D eigenvalue weighted by atomic mass is 32.1. The summed E-state index contributed by atoms with van der Waals surface area (Å²) in [5.74, 6) is 0.570. The van der Waals surface area contributed by atoms with Crippen molar-refractivity contribution in [2.45, 2.75) is 19.3 Å². The standard InChI is InChI=1S/C13H15N5O3S/c1-16-11-10(12(20)17(2)13(16)21)14-7(15-11)5-6-18-8(19)3-4-9(18)22/h3-6H2,1-2H3,(H,14,15). The molecule has 0 aromatic carbocycles. The molecule has 0 radical (unpaired) electrons. The maximum Gasteiger partial charge on any atom is 0.332 e. The van der Waals surface area contributed by atoms with Crippen LogP contribution in [0.4, 0.5) is 0 Å². The summed E-state index contributed by atoms with van der Waals surface area (Å²) in [6.07, 6.45) is 1.51. The van der Waals surface area contributed by atoms with Crippen molar-refractivity contribution in [1.82, 2.24) is 24.0 Å². The third-order valence-corrected chi connectivity index (χ3v) is 4.30. The van der Waals surface area contributed by atoms with Gasteiger partial charge in [0.25, 0.3) is 5.56 Å². The summed E-state index contributed by atoms with van der Waals surface area (Å²) in [4.78, 5) is 45.1. The molecule has 0 bridgehead atoms. The lowest BCUT2D eigenvalue weighted by Gasteiger charge is -2.14. The largest absolute Gasteiger partial charge is 0.336 e. The van der Waals surface area contributed by atoms with E-state index in [2.05, 4.69) is 9.97 Å². The quantitative estimate of drug-likeness (QED) is 0.766. The highest BCUT2D eigenvalue weighted by molar-refractivity contribution is 7.80. The smallest absolute Gasteiger partial charge is 0.332 e. The molecule has 116 valence electrons. The molecule has 22 heavy (non-hydrogen) atoms. The molecule has 0 aliphatic carbocycles. The van der Waals surface area contributed by atoms with E-state index in [9.17, 15) is 14.4 Å². The number of hydrogen-bond acceptors (Lipinski definition) is 5. The fourth-order valence-electron chi connectivity index (χ4n) is 2.58. The fourth-order valence-corrected chi connectivity index (χ4v) is 2.88. The minimum absolute atomic E-state index is 0.0180. The van der Waals surface area contributed by atoms with Crippen LogP contribution in [0, 0.1) is 0 Å². The molecular weight excluding hydrogens is 306 g/mol. The van der Waals surface area contributed by atoms with Crippen LogP contribution in [0.1, 0.15) is 18.7 Å². The summed E-state index contributed by atoms with van der Waals surface area (Å²) >= 11 is 5.15. The predicted octanol–water partition coefficient (Wildman–Crippen LogP) is -0.547. The summed E-state index contributed by atoms with van der Waals surface area (Å²) in [5, 5.41) is 0. The molecule has 3 heterocycles. The average Bonchev–Trinajstić information content (AvgIpc) is 3.05. The number of fused-ring (bicyclic) bond motifs is 1. The van der Waals surface area contributed by atoms with E-state index in [0.29, 0.717) is 42.3 Å². The third-order valence-electron chi connectivity index (χ3n) is 3.87. The van der Waals surface area contributed by atoms with Gasteiger partial charge in [-0.3, -0.25) is 18.7 Å². The Morgan fingerprint density at radius 2 is 1.91 bits per heavy atom. The van der Waals surface area contributed by atoms with Crippen LogP contribution >= 0.6 is 12.2 Å². The summed E-state index contributed by atoms with van der Waals surface area (Å²) in [7, 11) is 2.99. The number of aryl methyl sites for hydroxylation is 1. The van der Waals surface area contributed by atoms with Crippen LogP contribution in [0.3, 0.4) is 0 Å². The molecule has 1 fully saturated rings. The molecule has 1 aliphatic heterocycles. The van der Waals surface area contributed by atoms with E-state index in [1.807, 2.05) is 0 Å². The number of hydrogen-bond donors (Lipinski definition) is 1. The molecule has 0 unspecified atom stereocenters. The number of nitrogens with one attached hydrogen (secondary N) is 1. The molecule has 1 amide bonds. The van der Waals surface area contributed by atoms with Crippen LogP contribution in [-0.4, -0.2) is 41.4 Å². The second-order valence-corrected chi connectivity index (χ2v) is 5.75. The average molecular weight is 321 g/mol. The third kappa shape index (κ3) is 2.17. The number of H-pyrrole nitrogens is 1. The number of rotatable bonds is 3. The Labute approximate surface area is 130 Å². The van der Waals surface area contributed by atoms with Gasteiger partial charge in [-0.2, -0.15) is 0 Å². The van der Waals surface area contributed by atoms with E-state index < -0.39 is 11.2 Å². The molecule has 3 rings (SSSR count). The number of imidazole rings is 1. The Kier molecular flexibility index (Phi) is 3.44. The predicted molar refractivity (Wildman–Crippen MR) is 83.8 cm³/mol. The second kappa shape index (κ2) is 5.16. The van der Waals surface area contributed by atoms with E-state index in [-0.39, 0.29) is 11.4 Å². The first-order valence-corrected chi connectivity index (χ1v) is 7.28. The highest BCUT2D eigenvalue weighted by Crippen LogP contribution is 2.14. The molecule has 0 saturated carbocycles. The molecule has 0 spiro atoms. The van der Waals surface area contributed by atoms with Gasteiger partial charge in [0.15, 0.2) is 5.65 Å². The van der Waals surface area contributed by atoms with Gasteiger partial charge in [-0.05, 0) is 0 Å². The van der Waals surface area contributed by atoms with E-state index in [4.69, 9.17) is 12.2 Å². The van der Waals surface area contributed by atoms with Gasteiger partial charge in [-0.25, -0.2) is 9.78 Å². The van der Waals surface area contributed by atoms with Crippen LogP contribution in [-0.2, 0) is 25.3 Å². The van der Waals surface area contributed by atoms with Gasteiger partial charge in [0.2, 0.25) is 5.91 Å². The van der Waals surface area contributed by atoms with Gasteiger partial charge in [0, 0.05) is 39.9 Å². The SMILES string of the molecule is Cn1c(=O)c2[nH]c(CCN3C(=O)CCC3=S)nc2n(C)c1=O. The van der Waals surface area contributed by atoms with Crippen LogP contribution in [0.5, 0.6) is 0 Å². The first-order chi connectivity index (χ1) is 10.4. The summed E-state index contributed by atoms with van der Waals surface area (Å²) in [6, 6.07) is 0. The zero-order valence-corrected chi connectivity index (χ0v) is 13.1. The van der Waals surface area contributed by atoms with Gasteiger partial charge in [-0.15, -0.1) is 0 Å². The normalized spacial score (nSPS) is 15.3.